The minimum atomic E-state index is -0.221. The summed E-state index contributed by atoms with van der Waals surface area (Å²) in [4.78, 5) is 0. The number of nitrogens with zero attached hydrogens (tertiary/aromatic N) is 1. The molecule has 0 aliphatic rings. The molecule has 1 aromatic carbocycles. The van der Waals surface area contributed by atoms with Crippen molar-refractivity contribution in [2.75, 3.05) is 0 Å². The van der Waals surface area contributed by atoms with Gasteiger partial charge in [-0.15, -0.1) is 0 Å². The fraction of sp³-hybridized carbons (Fsp3) is 0. The lowest BCUT2D eigenvalue weighted by molar-refractivity contribution is 1.00. The molecule has 0 unspecified atom stereocenters. The summed E-state index contributed by atoms with van der Waals surface area (Å²) in [5.41, 5.74) is 8.08. The van der Waals surface area contributed by atoms with Gasteiger partial charge in [-0.2, -0.15) is 5.10 Å². The lowest BCUT2D eigenvalue weighted by Gasteiger charge is -1.97. The molecule has 14 heavy (non-hydrogen) atoms. The molecular weight excluding hydrogens is 223 g/mol. The second kappa shape index (κ2) is 4.83. The SMILES string of the molecule is N=C(N)N/N=C/c1ccc(Cl)c(Cl)c1. The normalized spacial score (nSPS) is 10.4. The minimum absolute atomic E-state index is 0.221. The van der Waals surface area contributed by atoms with E-state index in [0.29, 0.717) is 10.0 Å². The molecule has 0 amide bonds. The van der Waals surface area contributed by atoms with Crippen LogP contribution < -0.4 is 11.2 Å². The van der Waals surface area contributed by atoms with Gasteiger partial charge in [-0.3, -0.25) is 5.41 Å². The summed E-state index contributed by atoms with van der Waals surface area (Å²) in [5.74, 6) is -0.221. The first kappa shape index (κ1) is 10.8. The molecule has 74 valence electrons. The van der Waals surface area contributed by atoms with E-state index in [1.54, 1.807) is 18.2 Å². The average molecular weight is 231 g/mol. The van der Waals surface area contributed by atoms with Crippen LogP contribution in [0.1, 0.15) is 5.56 Å². The summed E-state index contributed by atoms with van der Waals surface area (Å²) in [6, 6.07) is 5.08. The number of halogens is 2. The Hall–Kier alpha value is -1.26. The van der Waals surface area contributed by atoms with E-state index in [1.807, 2.05) is 0 Å². The largest absolute Gasteiger partial charge is 0.369 e. The highest BCUT2D eigenvalue weighted by molar-refractivity contribution is 6.42. The van der Waals surface area contributed by atoms with E-state index >= 15 is 0 Å². The van der Waals surface area contributed by atoms with Crippen molar-refractivity contribution in [3.63, 3.8) is 0 Å². The molecule has 0 aromatic heterocycles. The summed E-state index contributed by atoms with van der Waals surface area (Å²) in [6.07, 6.45) is 1.49. The Labute approximate surface area is 91.2 Å². The van der Waals surface area contributed by atoms with Crippen molar-refractivity contribution in [3.05, 3.63) is 33.8 Å². The van der Waals surface area contributed by atoms with Crippen LogP contribution in [0, 0.1) is 5.41 Å². The molecule has 1 aromatic rings. The van der Waals surface area contributed by atoms with Gasteiger partial charge in [0.15, 0.2) is 0 Å². The third-order valence-electron chi connectivity index (χ3n) is 1.34. The molecule has 0 saturated carbocycles. The van der Waals surface area contributed by atoms with E-state index in [-0.39, 0.29) is 5.96 Å². The summed E-state index contributed by atoms with van der Waals surface area (Å²) in [6.45, 7) is 0. The van der Waals surface area contributed by atoms with Crippen molar-refractivity contribution in [2.24, 2.45) is 10.8 Å². The third kappa shape index (κ3) is 3.24. The Bertz CT molecular complexity index is 376. The van der Waals surface area contributed by atoms with Crippen LogP contribution in [0.2, 0.25) is 10.0 Å². The highest BCUT2D eigenvalue weighted by atomic mass is 35.5. The van der Waals surface area contributed by atoms with Crippen molar-refractivity contribution in [3.8, 4) is 0 Å². The zero-order valence-electron chi connectivity index (χ0n) is 7.09. The Morgan fingerprint density at radius 1 is 1.43 bits per heavy atom. The Morgan fingerprint density at radius 3 is 2.71 bits per heavy atom. The highest BCUT2D eigenvalue weighted by Gasteiger charge is 1.96. The maximum Gasteiger partial charge on any atom is 0.206 e. The summed E-state index contributed by atoms with van der Waals surface area (Å²) >= 11 is 11.5. The second-order valence-electron chi connectivity index (χ2n) is 2.46. The Kier molecular flexibility index (Phi) is 3.73. The van der Waals surface area contributed by atoms with Crippen LogP contribution in [-0.4, -0.2) is 12.2 Å². The Morgan fingerprint density at radius 2 is 2.14 bits per heavy atom. The number of nitrogens with two attached hydrogens (primary N) is 1. The standard InChI is InChI=1S/C8H8Cl2N4/c9-6-2-1-5(3-7(6)10)4-13-14-8(11)12/h1-4H,(H4,11,12,14)/b13-4+. The fourth-order valence-corrected chi connectivity index (χ4v) is 1.08. The van der Waals surface area contributed by atoms with Gasteiger partial charge in [0.25, 0.3) is 0 Å². The van der Waals surface area contributed by atoms with Gasteiger partial charge < -0.3 is 5.73 Å². The smallest absolute Gasteiger partial charge is 0.206 e. The topological polar surface area (TPSA) is 74.3 Å². The van der Waals surface area contributed by atoms with Crippen LogP contribution in [0.3, 0.4) is 0 Å². The molecule has 0 saturated heterocycles. The quantitative estimate of drug-likeness (QED) is 0.412. The zero-order chi connectivity index (χ0) is 10.6. The third-order valence-corrected chi connectivity index (χ3v) is 2.08. The summed E-state index contributed by atoms with van der Waals surface area (Å²) < 4.78 is 0. The van der Waals surface area contributed by atoms with E-state index in [9.17, 15) is 0 Å². The van der Waals surface area contributed by atoms with Crippen molar-refractivity contribution >= 4 is 35.4 Å². The number of hydrazone groups is 1. The molecule has 1 rings (SSSR count). The van der Waals surface area contributed by atoms with Crippen molar-refractivity contribution < 1.29 is 0 Å². The van der Waals surface area contributed by atoms with Crippen molar-refractivity contribution in [1.29, 1.82) is 5.41 Å². The van der Waals surface area contributed by atoms with Gasteiger partial charge in [-0.25, -0.2) is 5.43 Å². The van der Waals surface area contributed by atoms with Crippen LogP contribution in [-0.2, 0) is 0 Å². The lowest BCUT2D eigenvalue weighted by atomic mass is 10.2. The number of guanidine groups is 1. The fourth-order valence-electron chi connectivity index (χ4n) is 0.769. The van der Waals surface area contributed by atoms with Gasteiger partial charge in [0.2, 0.25) is 5.96 Å². The van der Waals surface area contributed by atoms with Gasteiger partial charge in [0.1, 0.15) is 0 Å². The zero-order valence-corrected chi connectivity index (χ0v) is 8.60. The summed E-state index contributed by atoms with van der Waals surface area (Å²) in [7, 11) is 0. The van der Waals surface area contributed by atoms with Gasteiger partial charge in [-0.05, 0) is 17.7 Å². The van der Waals surface area contributed by atoms with E-state index in [0.717, 1.165) is 5.56 Å². The molecule has 0 aliphatic heterocycles. The first-order valence-corrected chi connectivity index (χ1v) is 4.43. The van der Waals surface area contributed by atoms with Crippen LogP contribution >= 0.6 is 23.2 Å². The van der Waals surface area contributed by atoms with Crippen LogP contribution in [0.5, 0.6) is 0 Å². The van der Waals surface area contributed by atoms with Crippen molar-refractivity contribution in [2.45, 2.75) is 0 Å². The lowest BCUT2D eigenvalue weighted by Crippen LogP contribution is -2.25. The van der Waals surface area contributed by atoms with Gasteiger partial charge in [0.05, 0.1) is 16.3 Å². The maximum atomic E-state index is 6.84. The van der Waals surface area contributed by atoms with Crippen LogP contribution in [0.4, 0.5) is 0 Å². The predicted molar refractivity (Wildman–Crippen MR) is 59.1 cm³/mol. The minimum Gasteiger partial charge on any atom is -0.369 e. The van der Waals surface area contributed by atoms with Crippen molar-refractivity contribution in [1.82, 2.24) is 5.43 Å². The highest BCUT2D eigenvalue weighted by Crippen LogP contribution is 2.21. The van der Waals surface area contributed by atoms with E-state index in [1.165, 1.54) is 6.21 Å². The number of rotatable bonds is 2. The van der Waals surface area contributed by atoms with E-state index in [2.05, 4.69) is 10.5 Å². The number of hydrogen-bond donors (Lipinski definition) is 3. The molecular formula is C8H8Cl2N4. The number of nitrogens with one attached hydrogen (secondary N) is 2. The van der Waals surface area contributed by atoms with Crippen LogP contribution in [0.15, 0.2) is 23.3 Å². The van der Waals surface area contributed by atoms with Crippen LogP contribution in [0.25, 0.3) is 0 Å². The Balaban J connectivity index is 2.73. The molecule has 0 spiro atoms. The molecule has 4 N–H and O–H groups in total. The van der Waals surface area contributed by atoms with Gasteiger partial charge in [-0.1, -0.05) is 29.3 Å². The molecule has 0 atom stereocenters. The predicted octanol–water partition coefficient (Wildman–Crippen LogP) is 1.81. The van der Waals surface area contributed by atoms with Gasteiger partial charge >= 0.3 is 0 Å². The molecule has 0 bridgehead atoms. The molecule has 6 heteroatoms. The molecule has 4 nitrogen and oxygen atoms in total. The van der Waals surface area contributed by atoms with Gasteiger partial charge in [0, 0.05) is 0 Å². The van der Waals surface area contributed by atoms with E-state index < -0.39 is 0 Å². The van der Waals surface area contributed by atoms with E-state index in [4.69, 9.17) is 34.3 Å². The number of benzene rings is 1. The molecule has 0 radical (unpaired) electrons. The summed E-state index contributed by atoms with van der Waals surface area (Å²) in [5, 5.41) is 11.5. The molecule has 0 fully saturated rings. The average Bonchev–Trinajstić information content (AvgIpc) is 2.10. The first-order valence-electron chi connectivity index (χ1n) is 3.68. The monoisotopic (exact) mass is 230 g/mol. The second-order valence-corrected chi connectivity index (χ2v) is 3.27. The first-order chi connectivity index (χ1) is 6.59. The maximum absolute atomic E-state index is 6.84. The molecule has 0 aliphatic carbocycles. The number of hydrogen-bond acceptors (Lipinski definition) is 2. The molecule has 0 heterocycles.